The van der Waals surface area contributed by atoms with Gasteiger partial charge in [0.15, 0.2) is 0 Å². The Morgan fingerprint density at radius 2 is 1.97 bits per heavy atom. The van der Waals surface area contributed by atoms with Gasteiger partial charge in [0.05, 0.1) is 10.5 Å². The number of hydrogen-bond donors (Lipinski definition) is 3. The van der Waals surface area contributed by atoms with Crippen LogP contribution >= 0.6 is 0 Å². The maximum atomic E-state index is 12.2. The van der Waals surface area contributed by atoms with Gasteiger partial charge < -0.3 is 10.4 Å². The normalized spacial score (nSPS) is 17.8. The maximum absolute atomic E-state index is 12.2. The molecule has 0 saturated heterocycles. The van der Waals surface area contributed by atoms with Crippen LogP contribution in [0.3, 0.4) is 0 Å². The van der Waals surface area contributed by atoms with Gasteiger partial charge in [0.25, 0.3) is 5.69 Å². The van der Waals surface area contributed by atoms with Crippen LogP contribution in [-0.4, -0.2) is 30.5 Å². The van der Waals surface area contributed by atoms with Crippen LogP contribution in [0.4, 0.5) is 5.69 Å². The Balaban J connectivity index is 2.64. The van der Waals surface area contributed by atoms with Crippen LogP contribution in [-0.2, 0) is 14.8 Å². The summed E-state index contributed by atoms with van der Waals surface area (Å²) < 4.78 is 26.8. The van der Waals surface area contributed by atoms with Crippen molar-refractivity contribution >= 4 is 21.7 Å². The fraction of sp³-hybridized carbons (Fsp3) is 0.316. The summed E-state index contributed by atoms with van der Waals surface area (Å²) >= 11 is 0. The summed E-state index contributed by atoms with van der Waals surface area (Å²) in [7, 11) is -3.75. The van der Waals surface area contributed by atoms with E-state index in [0.717, 1.165) is 5.41 Å². The van der Waals surface area contributed by atoms with Crippen LogP contribution in [0.5, 0.6) is 0 Å². The summed E-state index contributed by atoms with van der Waals surface area (Å²) in [4.78, 5) is 22.6. The molecule has 0 amide bonds. The van der Waals surface area contributed by atoms with E-state index in [1.165, 1.54) is 24.3 Å². The summed E-state index contributed by atoms with van der Waals surface area (Å²) in [6.07, 6.45) is 1.33. The Kier molecular flexibility index (Phi) is 6.60. The summed E-state index contributed by atoms with van der Waals surface area (Å²) in [6, 6.07) is 5.35. The molecule has 1 aliphatic heterocycles. The van der Waals surface area contributed by atoms with Crippen LogP contribution in [0.15, 0.2) is 58.3 Å². The summed E-state index contributed by atoms with van der Waals surface area (Å²) in [6.45, 7) is 6.64. The Bertz CT molecular complexity index is 1040. The second-order valence-electron chi connectivity index (χ2n) is 6.95. The Hall–Kier alpha value is -2.98. The molecule has 0 aliphatic carbocycles. The number of non-ortho nitro benzene ring substituents is 1. The predicted molar refractivity (Wildman–Crippen MR) is 108 cm³/mol. The number of rotatable bonds is 7. The van der Waals surface area contributed by atoms with Crippen molar-refractivity contribution < 1.29 is 23.2 Å². The van der Waals surface area contributed by atoms with E-state index in [-0.39, 0.29) is 17.3 Å². The first-order valence-electron chi connectivity index (χ1n) is 8.79. The lowest BCUT2D eigenvalue weighted by Crippen LogP contribution is -2.29. The van der Waals surface area contributed by atoms with E-state index in [9.17, 15) is 28.4 Å². The highest BCUT2D eigenvalue weighted by Gasteiger charge is 2.33. The number of carboxylic acids is 1. The smallest absolute Gasteiger partial charge is 0.334 e. The molecule has 1 aromatic rings. The molecule has 1 atom stereocenters. The Morgan fingerprint density at radius 3 is 2.52 bits per heavy atom. The number of hydrogen-bond acceptors (Lipinski definition) is 6. The lowest BCUT2D eigenvalue weighted by atomic mass is 9.80. The zero-order valence-corrected chi connectivity index (χ0v) is 17.3. The van der Waals surface area contributed by atoms with Crippen molar-refractivity contribution in [3.63, 3.8) is 0 Å². The minimum Gasteiger partial charge on any atom is -0.478 e. The second kappa shape index (κ2) is 8.58. The molecule has 3 N–H and O–H groups in total. The summed E-state index contributed by atoms with van der Waals surface area (Å²) in [5.74, 6) is -2.08. The molecular formula is C19H23N3O6S. The topological polar surface area (TPSA) is 139 Å². The van der Waals surface area contributed by atoms with Crippen molar-refractivity contribution in [3.05, 3.63) is 74.0 Å². The van der Waals surface area contributed by atoms with Crippen molar-refractivity contribution in [2.75, 3.05) is 0 Å². The van der Waals surface area contributed by atoms with E-state index >= 15 is 0 Å². The molecule has 29 heavy (non-hydrogen) atoms. The van der Waals surface area contributed by atoms with Gasteiger partial charge in [-0.25, -0.2) is 17.9 Å². The zero-order chi connectivity index (χ0) is 21.9. The lowest BCUT2D eigenvalue weighted by molar-refractivity contribution is -0.384. The molecule has 156 valence electrons. The minimum absolute atomic E-state index is 0.00929. The molecule has 1 unspecified atom stereocenters. The predicted octanol–water partition coefficient (Wildman–Crippen LogP) is 2.76. The molecule has 1 aliphatic rings. The number of allylic oxidation sites excluding steroid dienone is 4. The SMILES string of the molecule is CC1=C(C=CS(=O)(=O)NC(C)C)C(c2cccc([N+](=O)[O-])c2)C(C(=O)O)=C(C)N1. The van der Waals surface area contributed by atoms with Gasteiger partial charge in [-0.05, 0) is 44.9 Å². The standard InChI is InChI=1S/C19H23N3O6S/c1-11(2)21-29(27,28)9-8-16-12(3)20-13(4)17(19(23)24)18(16)14-6-5-7-15(10-14)22(25)26/h5-11,18,20-21H,1-4H3,(H,23,24). The third kappa shape index (κ3) is 5.30. The van der Waals surface area contributed by atoms with E-state index in [0.29, 0.717) is 22.5 Å². The molecule has 10 heteroatoms. The molecule has 0 aromatic heterocycles. The minimum atomic E-state index is -3.75. The number of nitrogens with zero attached hydrogens (tertiary/aromatic N) is 1. The number of carbonyl (C=O) groups is 1. The summed E-state index contributed by atoms with van der Waals surface area (Å²) in [5.41, 5.74) is 1.52. The van der Waals surface area contributed by atoms with Crippen molar-refractivity contribution in [2.24, 2.45) is 0 Å². The Labute approximate surface area is 169 Å². The largest absolute Gasteiger partial charge is 0.478 e. The van der Waals surface area contributed by atoms with Crippen molar-refractivity contribution in [2.45, 2.75) is 39.7 Å². The highest BCUT2D eigenvalue weighted by Crippen LogP contribution is 2.39. The van der Waals surface area contributed by atoms with Gasteiger partial charge in [-0.1, -0.05) is 12.1 Å². The molecule has 9 nitrogen and oxygen atoms in total. The van der Waals surface area contributed by atoms with Gasteiger partial charge in [-0.2, -0.15) is 0 Å². The molecule has 0 bridgehead atoms. The first kappa shape index (κ1) is 22.3. The number of sulfonamides is 1. The highest BCUT2D eigenvalue weighted by molar-refractivity contribution is 7.92. The maximum Gasteiger partial charge on any atom is 0.334 e. The average molecular weight is 421 g/mol. The second-order valence-corrected chi connectivity index (χ2v) is 8.55. The molecule has 1 heterocycles. The molecular weight excluding hydrogens is 398 g/mol. The van der Waals surface area contributed by atoms with Crippen LogP contribution < -0.4 is 10.0 Å². The zero-order valence-electron chi connectivity index (χ0n) is 16.5. The monoisotopic (exact) mass is 421 g/mol. The molecule has 2 rings (SSSR count). The van der Waals surface area contributed by atoms with E-state index in [1.807, 2.05) is 0 Å². The van der Waals surface area contributed by atoms with Crippen molar-refractivity contribution in [1.82, 2.24) is 10.0 Å². The van der Waals surface area contributed by atoms with Gasteiger partial charge in [0, 0.05) is 40.9 Å². The molecule has 0 spiro atoms. The fourth-order valence-electron chi connectivity index (χ4n) is 3.21. The van der Waals surface area contributed by atoms with Gasteiger partial charge in [-0.15, -0.1) is 0 Å². The average Bonchev–Trinajstić information content (AvgIpc) is 2.58. The van der Waals surface area contributed by atoms with Crippen LogP contribution in [0, 0.1) is 10.1 Å². The number of nitro benzene ring substituents is 1. The van der Waals surface area contributed by atoms with Gasteiger partial charge >= 0.3 is 5.97 Å². The fourth-order valence-corrected chi connectivity index (χ4v) is 4.27. The number of carboxylic acid groups (broad SMARTS) is 1. The number of nitro groups is 1. The van der Waals surface area contributed by atoms with E-state index in [4.69, 9.17) is 0 Å². The van der Waals surface area contributed by atoms with Gasteiger partial charge in [0.2, 0.25) is 10.0 Å². The van der Waals surface area contributed by atoms with E-state index in [2.05, 4.69) is 10.0 Å². The van der Waals surface area contributed by atoms with Crippen LogP contribution in [0.2, 0.25) is 0 Å². The third-order valence-electron chi connectivity index (χ3n) is 4.28. The van der Waals surface area contributed by atoms with Gasteiger partial charge in [-0.3, -0.25) is 10.1 Å². The van der Waals surface area contributed by atoms with E-state index in [1.54, 1.807) is 33.8 Å². The first-order valence-corrected chi connectivity index (χ1v) is 10.3. The number of aliphatic carboxylic acids is 1. The third-order valence-corrected chi connectivity index (χ3v) is 5.58. The van der Waals surface area contributed by atoms with Crippen molar-refractivity contribution in [1.29, 1.82) is 0 Å². The molecule has 0 saturated carbocycles. The lowest BCUT2D eigenvalue weighted by Gasteiger charge is -2.29. The van der Waals surface area contributed by atoms with Crippen LogP contribution in [0.25, 0.3) is 0 Å². The molecule has 0 radical (unpaired) electrons. The number of dihydropyridines is 1. The Morgan fingerprint density at radius 1 is 1.31 bits per heavy atom. The number of nitrogens with one attached hydrogen (secondary N) is 2. The van der Waals surface area contributed by atoms with Gasteiger partial charge in [0.1, 0.15) is 0 Å². The first-order chi connectivity index (χ1) is 13.4. The molecule has 1 aromatic carbocycles. The van der Waals surface area contributed by atoms with Crippen LogP contribution in [0.1, 0.15) is 39.2 Å². The number of benzene rings is 1. The quantitative estimate of drug-likeness (QED) is 0.454. The summed E-state index contributed by atoms with van der Waals surface area (Å²) in [5, 5.41) is 24.9. The van der Waals surface area contributed by atoms with Crippen molar-refractivity contribution in [3.8, 4) is 0 Å². The highest BCUT2D eigenvalue weighted by atomic mass is 32.2. The van der Waals surface area contributed by atoms with E-state index < -0.39 is 26.8 Å². The molecule has 0 fully saturated rings.